The van der Waals surface area contributed by atoms with E-state index in [-0.39, 0.29) is 5.91 Å². The van der Waals surface area contributed by atoms with Crippen molar-refractivity contribution in [2.45, 2.75) is 6.54 Å². The van der Waals surface area contributed by atoms with Crippen LogP contribution in [0.1, 0.15) is 16.1 Å². The Kier molecular flexibility index (Phi) is 5.67. The minimum atomic E-state index is -0.116. The van der Waals surface area contributed by atoms with Gasteiger partial charge in [-0.25, -0.2) is 4.98 Å². The van der Waals surface area contributed by atoms with Gasteiger partial charge in [0.1, 0.15) is 6.26 Å². The average Bonchev–Trinajstić information content (AvgIpc) is 3.21. The first-order valence-corrected chi connectivity index (χ1v) is 9.82. The Morgan fingerprint density at radius 3 is 2.46 bits per heavy atom. The van der Waals surface area contributed by atoms with Crippen LogP contribution in [-0.2, 0) is 6.54 Å². The molecule has 2 aromatic carbocycles. The molecule has 4 rings (SSSR count). The van der Waals surface area contributed by atoms with E-state index in [4.69, 9.17) is 27.6 Å². The van der Waals surface area contributed by atoms with Gasteiger partial charge in [-0.05, 0) is 23.8 Å². The average molecular weight is 416 g/mol. The van der Waals surface area contributed by atoms with Crippen molar-refractivity contribution in [2.75, 3.05) is 26.2 Å². The molecule has 0 atom stereocenters. The molecule has 1 amide bonds. The van der Waals surface area contributed by atoms with Crippen molar-refractivity contribution in [2.24, 2.45) is 0 Å². The van der Waals surface area contributed by atoms with Crippen molar-refractivity contribution in [3.05, 3.63) is 76.1 Å². The second-order valence-corrected chi connectivity index (χ2v) is 7.54. The van der Waals surface area contributed by atoms with Gasteiger partial charge in [-0.1, -0.05) is 53.5 Å². The van der Waals surface area contributed by atoms with Crippen LogP contribution in [0.2, 0.25) is 10.0 Å². The zero-order valence-corrected chi connectivity index (χ0v) is 16.7. The Hall–Kier alpha value is -2.34. The molecule has 1 fully saturated rings. The number of carbonyl (C=O) groups excluding carboxylic acids is 1. The summed E-state index contributed by atoms with van der Waals surface area (Å²) in [6, 6.07) is 15.5. The fourth-order valence-electron chi connectivity index (χ4n) is 3.25. The molecule has 1 aliphatic heterocycles. The van der Waals surface area contributed by atoms with Crippen LogP contribution in [0.4, 0.5) is 0 Å². The molecule has 144 valence electrons. The molecule has 1 aromatic heterocycles. The summed E-state index contributed by atoms with van der Waals surface area (Å²) in [5.41, 5.74) is 2.27. The summed E-state index contributed by atoms with van der Waals surface area (Å²) in [5, 5.41) is 0.876. The molecule has 1 saturated heterocycles. The molecule has 3 aromatic rings. The SMILES string of the molecule is O=C(c1coc(-c2ccc(Cl)c(Cl)c2)n1)N1CCN(Cc2ccccc2)CC1. The van der Waals surface area contributed by atoms with E-state index in [2.05, 4.69) is 22.0 Å². The quantitative estimate of drug-likeness (QED) is 0.624. The zero-order valence-electron chi connectivity index (χ0n) is 15.1. The molecule has 0 spiro atoms. The highest BCUT2D eigenvalue weighted by Crippen LogP contribution is 2.28. The maximum absolute atomic E-state index is 12.8. The molecule has 5 nitrogen and oxygen atoms in total. The van der Waals surface area contributed by atoms with Crippen LogP contribution < -0.4 is 0 Å². The fourth-order valence-corrected chi connectivity index (χ4v) is 3.54. The van der Waals surface area contributed by atoms with Gasteiger partial charge in [0, 0.05) is 38.3 Å². The number of carbonyl (C=O) groups is 1. The third-order valence-corrected chi connectivity index (χ3v) is 5.54. The highest BCUT2D eigenvalue weighted by atomic mass is 35.5. The van der Waals surface area contributed by atoms with Gasteiger partial charge in [0.2, 0.25) is 5.89 Å². The lowest BCUT2D eigenvalue weighted by atomic mass is 10.2. The predicted molar refractivity (Wildman–Crippen MR) is 110 cm³/mol. The number of rotatable bonds is 4. The van der Waals surface area contributed by atoms with E-state index in [0.717, 1.165) is 19.6 Å². The largest absolute Gasteiger partial charge is 0.444 e. The number of oxazole rings is 1. The van der Waals surface area contributed by atoms with Crippen molar-refractivity contribution in [1.82, 2.24) is 14.8 Å². The molecule has 7 heteroatoms. The van der Waals surface area contributed by atoms with Crippen molar-refractivity contribution in [1.29, 1.82) is 0 Å². The summed E-state index contributed by atoms with van der Waals surface area (Å²) in [7, 11) is 0. The van der Waals surface area contributed by atoms with Crippen LogP contribution in [0.15, 0.2) is 59.2 Å². The second-order valence-electron chi connectivity index (χ2n) is 6.72. The third-order valence-electron chi connectivity index (χ3n) is 4.80. The lowest BCUT2D eigenvalue weighted by Gasteiger charge is -2.34. The predicted octanol–water partition coefficient (Wildman–Crippen LogP) is 4.61. The Morgan fingerprint density at radius 2 is 1.75 bits per heavy atom. The number of hydrogen-bond acceptors (Lipinski definition) is 4. The number of aromatic nitrogens is 1. The van der Waals surface area contributed by atoms with Gasteiger partial charge in [-0.2, -0.15) is 0 Å². The Bertz CT molecular complexity index is 967. The van der Waals surface area contributed by atoms with Crippen LogP contribution in [0.3, 0.4) is 0 Å². The molecular weight excluding hydrogens is 397 g/mol. The summed E-state index contributed by atoms with van der Waals surface area (Å²) < 4.78 is 5.49. The number of benzene rings is 2. The first-order chi connectivity index (χ1) is 13.6. The molecule has 0 aliphatic carbocycles. The van der Waals surface area contributed by atoms with Crippen LogP contribution >= 0.6 is 23.2 Å². The zero-order chi connectivity index (χ0) is 19.5. The monoisotopic (exact) mass is 415 g/mol. The molecule has 28 heavy (non-hydrogen) atoms. The fraction of sp³-hybridized carbons (Fsp3) is 0.238. The lowest BCUT2D eigenvalue weighted by Crippen LogP contribution is -2.48. The van der Waals surface area contributed by atoms with E-state index in [1.807, 2.05) is 23.1 Å². The van der Waals surface area contributed by atoms with Crippen LogP contribution in [0, 0.1) is 0 Å². The van der Waals surface area contributed by atoms with Gasteiger partial charge < -0.3 is 9.32 Å². The van der Waals surface area contributed by atoms with Crippen molar-refractivity contribution >= 4 is 29.1 Å². The van der Waals surface area contributed by atoms with Crippen LogP contribution in [0.25, 0.3) is 11.5 Å². The standard InChI is InChI=1S/C21H19Cl2N3O2/c22-17-7-6-16(12-18(17)23)20-24-19(14-28-20)21(27)26-10-8-25(9-11-26)13-15-4-2-1-3-5-15/h1-7,12,14H,8-11,13H2. The maximum Gasteiger partial charge on any atom is 0.275 e. The van der Waals surface area contributed by atoms with Gasteiger partial charge in [0.15, 0.2) is 5.69 Å². The van der Waals surface area contributed by atoms with E-state index >= 15 is 0 Å². The van der Waals surface area contributed by atoms with E-state index < -0.39 is 0 Å². The molecule has 0 bridgehead atoms. The number of nitrogens with zero attached hydrogens (tertiary/aromatic N) is 3. The second kappa shape index (κ2) is 8.35. The summed E-state index contributed by atoms with van der Waals surface area (Å²) in [6.07, 6.45) is 1.40. The van der Waals surface area contributed by atoms with Crippen LogP contribution in [0.5, 0.6) is 0 Å². The Labute approximate surface area is 173 Å². The van der Waals surface area contributed by atoms with Gasteiger partial charge in [-0.3, -0.25) is 9.69 Å². The van der Waals surface area contributed by atoms with Crippen molar-refractivity contribution < 1.29 is 9.21 Å². The minimum Gasteiger partial charge on any atom is -0.444 e. The summed E-state index contributed by atoms with van der Waals surface area (Å²) in [5.74, 6) is 0.235. The summed E-state index contributed by atoms with van der Waals surface area (Å²) in [4.78, 5) is 21.3. The maximum atomic E-state index is 12.8. The first kappa shape index (κ1) is 19.0. The topological polar surface area (TPSA) is 49.6 Å². The molecular formula is C21H19Cl2N3O2. The van der Waals surface area contributed by atoms with Gasteiger partial charge in [0.25, 0.3) is 5.91 Å². The van der Waals surface area contributed by atoms with Crippen molar-refractivity contribution in [3.63, 3.8) is 0 Å². The molecule has 0 N–H and O–H groups in total. The number of amides is 1. The van der Waals surface area contributed by atoms with Crippen molar-refractivity contribution in [3.8, 4) is 11.5 Å². The Balaban J connectivity index is 1.38. The van der Waals surface area contributed by atoms with Gasteiger partial charge in [-0.15, -0.1) is 0 Å². The normalized spacial score (nSPS) is 15.0. The number of halogens is 2. The van der Waals surface area contributed by atoms with E-state index in [1.54, 1.807) is 18.2 Å². The molecule has 0 saturated carbocycles. The minimum absolute atomic E-state index is 0.116. The molecule has 0 unspecified atom stereocenters. The highest BCUT2D eigenvalue weighted by molar-refractivity contribution is 6.42. The summed E-state index contributed by atoms with van der Waals surface area (Å²) >= 11 is 12.0. The van der Waals surface area contributed by atoms with Gasteiger partial charge in [0.05, 0.1) is 10.0 Å². The van der Waals surface area contributed by atoms with Gasteiger partial charge >= 0.3 is 0 Å². The van der Waals surface area contributed by atoms with E-state index in [1.165, 1.54) is 11.8 Å². The summed E-state index contributed by atoms with van der Waals surface area (Å²) in [6.45, 7) is 3.89. The molecule has 0 radical (unpaired) electrons. The number of hydrogen-bond donors (Lipinski definition) is 0. The van der Waals surface area contributed by atoms with Crippen LogP contribution in [-0.4, -0.2) is 46.9 Å². The molecule has 2 heterocycles. The number of piperazine rings is 1. The highest BCUT2D eigenvalue weighted by Gasteiger charge is 2.24. The first-order valence-electron chi connectivity index (χ1n) is 9.06. The third kappa shape index (κ3) is 4.22. The Morgan fingerprint density at radius 1 is 1.00 bits per heavy atom. The van der Waals surface area contributed by atoms with E-state index in [0.29, 0.717) is 40.3 Å². The smallest absolute Gasteiger partial charge is 0.275 e. The molecule has 1 aliphatic rings. The lowest BCUT2D eigenvalue weighted by molar-refractivity contribution is 0.0622. The van der Waals surface area contributed by atoms with E-state index in [9.17, 15) is 4.79 Å².